The topological polar surface area (TPSA) is 21.7 Å². The van der Waals surface area contributed by atoms with Crippen LogP contribution in [-0.4, -0.2) is 31.9 Å². The summed E-state index contributed by atoms with van der Waals surface area (Å²) in [6.07, 6.45) is 5.11. The fourth-order valence-electron chi connectivity index (χ4n) is 4.65. The average molecular weight is 442 g/mol. The van der Waals surface area contributed by atoms with Crippen LogP contribution in [0.3, 0.4) is 0 Å². The highest BCUT2D eigenvalue weighted by Crippen LogP contribution is 2.49. The molecule has 1 fully saturated rings. The van der Waals surface area contributed by atoms with Gasteiger partial charge in [-0.2, -0.15) is 0 Å². The lowest BCUT2D eigenvalue weighted by molar-refractivity contribution is 0.0495. The Balaban J connectivity index is 1.96. The Kier molecular flexibility index (Phi) is 8.56. The molecule has 2 atom stereocenters. The molecule has 170 valence electrons. The molecule has 2 unspecified atom stereocenters. The molecule has 0 spiro atoms. The molecule has 31 heavy (non-hydrogen) atoms. The number of nitrogens with zero attached hydrogens (tertiary/aromatic N) is 1. The summed E-state index contributed by atoms with van der Waals surface area (Å²) in [5, 5.41) is 1.52. The minimum Gasteiger partial charge on any atom is -0.467 e. The van der Waals surface area contributed by atoms with E-state index in [4.69, 9.17) is 9.47 Å². The number of likely N-dealkylation sites (tertiary alicyclic amines) is 1. The molecular weight excluding hydrogens is 401 g/mol. The van der Waals surface area contributed by atoms with E-state index in [0.717, 1.165) is 18.7 Å². The molecule has 0 radical (unpaired) electrons. The van der Waals surface area contributed by atoms with Crippen LogP contribution in [0.15, 0.2) is 30.3 Å². The Morgan fingerprint density at radius 3 is 2.42 bits per heavy atom. The zero-order valence-electron chi connectivity index (χ0n) is 20.3. The number of benzene rings is 2. The van der Waals surface area contributed by atoms with E-state index >= 15 is 0 Å². The van der Waals surface area contributed by atoms with Crippen LogP contribution in [0.2, 0.25) is 0 Å². The summed E-state index contributed by atoms with van der Waals surface area (Å²) in [6.45, 7) is 15.1. The molecule has 1 saturated heterocycles. The van der Waals surface area contributed by atoms with Crippen molar-refractivity contribution in [1.29, 1.82) is 0 Å². The van der Waals surface area contributed by atoms with Crippen LogP contribution >= 0.6 is 8.58 Å². The molecule has 4 heteroatoms. The third kappa shape index (κ3) is 6.09. The van der Waals surface area contributed by atoms with Gasteiger partial charge in [0, 0.05) is 24.4 Å². The van der Waals surface area contributed by atoms with Crippen molar-refractivity contribution in [2.24, 2.45) is 0 Å². The first kappa shape index (κ1) is 24.2. The normalized spacial score (nSPS) is 17.2. The maximum Gasteiger partial charge on any atom is 0.188 e. The molecule has 0 bridgehead atoms. The van der Waals surface area contributed by atoms with Crippen LogP contribution in [0.25, 0.3) is 0 Å². The molecule has 0 N–H and O–H groups in total. The van der Waals surface area contributed by atoms with E-state index in [9.17, 15) is 0 Å². The lowest BCUT2D eigenvalue weighted by Gasteiger charge is -2.34. The predicted octanol–water partition coefficient (Wildman–Crippen LogP) is 6.21. The highest BCUT2D eigenvalue weighted by atomic mass is 31.1. The van der Waals surface area contributed by atoms with Crippen LogP contribution in [-0.2, 0) is 16.4 Å². The van der Waals surface area contributed by atoms with Crippen LogP contribution in [0.5, 0.6) is 5.75 Å². The second-order valence-electron chi connectivity index (χ2n) is 9.32. The number of hydrogen-bond acceptors (Lipinski definition) is 3. The van der Waals surface area contributed by atoms with Crippen molar-refractivity contribution in [3.05, 3.63) is 58.1 Å². The van der Waals surface area contributed by atoms with E-state index in [0.29, 0.717) is 8.58 Å². The number of hydrogen-bond donors (Lipinski definition) is 0. The molecule has 1 heterocycles. The zero-order chi connectivity index (χ0) is 22.4. The van der Waals surface area contributed by atoms with Crippen LogP contribution in [0.1, 0.15) is 67.3 Å². The summed E-state index contributed by atoms with van der Waals surface area (Å²) in [7, 11) is 2.37. The van der Waals surface area contributed by atoms with E-state index in [1.807, 2.05) is 0 Å². The number of aryl methyl sites for hydroxylation is 3. The van der Waals surface area contributed by atoms with E-state index in [2.05, 4.69) is 69.9 Å². The largest absolute Gasteiger partial charge is 0.467 e. The van der Waals surface area contributed by atoms with Crippen LogP contribution < -0.4 is 10.0 Å². The van der Waals surface area contributed by atoms with Crippen molar-refractivity contribution >= 4 is 13.9 Å². The van der Waals surface area contributed by atoms with E-state index < -0.39 is 0 Å². The molecule has 1 aliphatic heterocycles. The van der Waals surface area contributed by atoms with Crippen molar-refractivity contribution in [3.63, 3.8) is 0 Å². The van der Waals surface area contributed by atoms with Gasteiger partial charge >= 0.3 is 0 Å². The van der Waals surface area contributed by atoms with Gasteiger partial charge < -0.3 is 9.47 Å². The number of rotatable bonds is 9. The Hall–Kier alpha value is -1.41. The first-order valence-corrected chi connectivity index (χ1v) is 12.7. The first-order chi connectivity index (χ1) is 14.9. The number of ether oxygens (including phenoxy) is 2. The minimum absolute atomic E-state index is 0.0196. The third-order valence-electron chi connectivity index (χ3n) is 6.56. The minimum atomic E-state index is 0.0196. The highest BCUT2D eigenvalue weighted by Gasteiger charge is 2.31. The monoisotopic (exact) mass is 441 g/mol. The maximum absolute atomic E-state index is 6.10. The van der Waals surface area contributed by atoms with Crippen molar-refractivity contribution in [2.75, 3.05) is 27.0 Å². The van der Waals surface area contributed by atoms with Gasteiger partial charge in [-0.3, -0.25) is 4.90 Å². The molecule has 0 aliphatic carbocycles. The molecule has 0 aromatic heterocycles. The lowest BCUT2D eigenvalue weighted by Crippen LogP contribution is -2.31. The van der Waals surface area contributed by atoms with Gasteiger partial charge in [0.25, 0.3) is 0 Å². The Labute approximate surface area is 191 Å². The number of piperidine rings is 1. The highest BCUT2D eigenvalue weighted by molar-refractivity contribution is 7.48. The van der Waals surface area contributed by atoms with Crippen molar-refractivity contribution in [3.8, 4) is 5.75 Å². The molecular formula is C27H40NO2P. The summed E-state index contributed by atoms with van der Waals surface area (Å²) in [5.74, 6) is 0.994. The summed E-state index contributed by atoms with van der Waals surface area (Å²) < 4.78 is 11.3. The van der Waals surface area contributed by atoms with Gasteiger partial charge in [-0.15, -0.1) is 0 Å². The van der Waals surface area contributed by atoms with Crippen molar-refractivity contribution in [1.82, 2.24) is 4.90 Å². The quantitative estimate of drug-likeness (QED) is 0.341. The maximum atomic E-state index is 6.10. The van der Waals surface area contributed by atoms with Gasteiger partial charge in [-0.25, -0.2) is 0 Å². The van der Waals surface area contributed by atoms with Gasteiger partial charge in [0.15, 0.2) is 6.79 Å². The Morgan fingerprint density at radius 2 is 1.74 bits per heavy atom. The second-order valence-corrected chi connectivity index (χ2v) is 11.2. The van der Waals surface area contributed by atoms with Crippen molar-refractivity contribution < 1.29 is 9.47 Å². The van der Waals surface area contributed by atoms with E-state index in [-0.39, 0.29) is 11.9 Å². The van der Waals surface area contributed by atoms with Gasteiger partial charge in [-0.1, -0.05) is 70.3 Å². The third-order valence-corrected chi connectivity index (χ3v) is 8.49. The van der Waals surface area contributed by atoms with Crippen molar-refractivity contribution in [2.45, 2.75) is 72.0 Å². The molecule has 2 aromatic rings. The Morgan fingerprint density at radius 1 is 1.00 bits per heavy atom. The molecule has 0 amide bonds. The zero-order valence-corrected chi connectivity index (χ0v) is 21.3. The summed E-state index contributed by atoms with van der Waals surface area (Å²) >= 11 is 0. The van der Waals surface area contributed by atoms with Crippen LogP contribution in [0.4, 0.5) is 0 Å². The fraction of sp³-hybridized carbons (Fsp3) is 0.556. The Bertz CT molecular complexity index is 876. The van der Waals surface area contributed by atoms with Gasteiger partial charge in [0.1, 0.15) is 5.75 Å². The molecule has 2 aromatic carbocycles. The van der Waals surface area contributed by atoms with Gasteiger partial charge in [-0.05, 0) is 69.6 Å². The first-order valence-electron chi connectivity index (χ1n) is 11.7. The molecule has 3 nitrogen and oxygen atoms in total. The van der Waals surface area contributed by atoms with E-state index in [1.165, 1.54) is 65.5 Å². The standard InChI is InChI=1S/C27H40NO2P/c1-7-27(5,24-17-21(3)15-22(4)26(24)30-19-29-6)31-25-12-11-20(2)16-23(25)18-28-13-9-8-10-14-28/h11-12,15-17,31H,7-10,13-14,18-19H2,1-6H3. The number of methoxy groups -OCH3 is 1. The smallest absolute Gasteiger partial charge is 0.188 e. The summed E-state index contributed by atoms with van der Waals surface area (Å²) in [6, 6.07) is 11.6. The van der Waals surface area contributed by atoms with Crippen LogP contribution in [0, 0.1) is 20.8 Å². The summed E-state index contributed by atoms with van der Waals surface area (Å²) in [4.78, 5) is 2.64. The molecule has 3 rings (SSSR count). The molecule has 1 aliphatic rings. The SMILES string of the molecule is CCC(C)(Pc1ccc(C)cc1CN1CCCCC1)c1cc(C)cc(C)c1OCOC. The lowest BCUT2D eigenvalue weighted by atomic mass is 9.92. The van der Waals surface area contributed by atoms with Gasteiger partial charge in [0.2, 0.25) is 0 Å². The molecule has 0 saturated carbocycles. The van der Waals surface area contributed by atoms with E-state index in [1.54, 1.807) is 7.11 Å². The second kappa shape index (κ2) is 10.9. The average Bonchev–Trinajstić information content (AvgIpc) is 2.75. The predicted molar refractivity (Wildman–Crippen MR) is 134 cm³/mol. The summed E-state index contributed by atoms with van der Waals surface area (Å²) in [5.41, 5.74) is 6.65. The van der Waals surface area contributed by atoms with Gasteiger partial charge in [0.05, 0.1) is 0 Å². The fourth-order valence-corrected chi connectivity index (χ4v) is 6.22.